The van der Waals surface area contributed by atoms with E-state index in [0.717, 1.165) is 12.1 Å². The highest BCUT2D eigenvalue weighted by Gasteiger charge is 2.31. The Kier molecular flexibility index (Phi) is 5.49. The van der Waals surface area contributed by atoms with E-state index in [9.17, 15) is 27.2 Å². The third kappa shape index (κ3) is 4.50. The van der Waals surface area contributed by atoms with Gasteiger partial charge < -0.3 is 5.32 Å². The van der Waals surface area contributed by atoms with Crippen LogP contribution in [0.15, 0.2) is 59.8 Å². The third-order valence-corrected chi connectivity index (χ3v) is 4.19. The maximum atomic E-state index is 13.5. The van der Waals surface area contributed by atoms with Crippen molar-refractivity contribution in [2.75, 3.05) is 0 Å². The number of alkyl halides is 3. The first-order valence-electron chi connectivity index (χ1n) is 8.44. The molecule has 3 aromatic rings. The SMILES string of the molecule is Cc1ccn(-c2cccnc2)c(=O)c1C(=O)NCc1cc(F)cc(C(F)(F)F)c1. The lowest BCUT2D eigenvalue weighted by Gasteiger charge is -2.12. The van der Waals surface area contributed by atoms with Crippen molar-refractivity contribution in [3.8, 4) is 5.69 Å². The maximum Gasteiger partial charge on any atom is 0.416 e. The van der Waals surface area contributed by atoms with Gasteiger partial charge in [0.05, 0.1) is 17.4 Å². The minimum absolute atomic E-state index is 0.0770. The van der Waals surface area contributed by atoms with E-state index in [1.54, 1.807) is 25.1 Å². The van der Waals surface area contributed by atoms with Gasteiger partial charge in [0.15, 0.2) is 0 Å². The molecule has 0 spiro atoms. The smallest absolute Gasteiger partial charge is 0.348 e. The Morgan fingerprint density at radius 3 is 2.62 bits per heavy atom. The monoisotopic (exact) mass is 405 g/mol. The van der Waals surface area contributed by atoms with Crippen molar-refractivity contribution in [2.24, 2.45) is 0 Å². The first-order chi connectivity index (χ1) is 13.7. The van der Waals surface area contributed by atoms with Gasteiger partial charge in [-0.1, -0.05) is 0 Å². The number of benzene rings is 1. The topological polar surface area (TPSA) is 64.0 Å². The van der Waals surface area contributed by atoms with E-state index in [1.807, 2.05) is 0 Å². The number of hydrogen-bond acceptors (Lipinski definition) is 3. The van der Waals surface area contributed by atoms with Crippen LogP contribution in [0.25, 0.3) is 5.69 Å². The Morgan fingerprint density at radius 2 is 1.97 bits per heavy atom. The molecule has 0 radical (unpaired) electrons. The predicted octanol–water partition coefficient (Wildman–Crippen LogP) is 3.63. The molecule has 0 aliphatic heterocycles. The first-order valence-corrected chi connectivity index (χ1v) is 8.44. The van der Waals surface area contributed by atoms with Crippen molar-refractivity contribution in [1.29, 1.82) is 0 Å². The maximum absolute atomic E-state index is 13.5. The van der Waals surface area contributed by atoms with Crippen molar-refractivity contribution in [3.63, 3.8) is 0 Å². The molecular weight excluding hydrogens is 390 g/mol. The van der Waals surface area contributed by atoms with Gasteiger partial charge >= 0.3 is 6.18 Å². The van der Waals surface area contributed by atoms with Crippen LogP contribution in [-0.4, -0.2) is 15.5 Å². The number of halogens is 4. The summed E-state index contributed by atoms with van der Waals surface area (Å²) >= 11 is 0. The van der Waals surface area contributed by atoms with Crippen LogP contribution < -0.4 is 10.9 Å². The zero-order valence-electron chi connectivity index (χ0n) is 15.1. The van der Waals surface area contributed by atoms with E-state index in [-0.39, 0.29) is 17.7 Å². The van der Waals surface area contributed by atoms with Crippen LogP contribution in [0.1, 0.15) is 27.0 Å². The van der Waals surface area contributed by atoms with Crippen LogP contribution in [0, 0.1) is 12.7 Å². The molecule has 9 heteroatoms. The molecule has 150 valence electrons. The number of nitrogens with zero attached hydrogens (tertiary/aromatic N) is 2. The molecule has 0 fully saturated rings. The number of aryl methyl sites for hydroxylation is 1. The Hall–Kier alpha value is -3.49. The van der Waals surface area contributed by atoms with Crippen molar-refractivity contribution in [1.82, 2.24) is 14.9 Å². The van der Waals surface area contributed by atoms with Crippen LogP contribution in [0.4, 0.5) is 17.6 Å². The summed E-state index contributed by atoms with van der Waals surface area (Å²) in [5.74, 6) is -1.84. The predicted molar refractivity (Wildman–Crippen MR) is 97.1 cm³/mol. The molecule has 1 N–H and O–H groups in total. The molecule has 0 saturated heterocycles. The number of pyridine rings is 2. The fourth-order valence-corrected chi connectivity index (χ4v) is 2.79. The second kappa shape index (κ2) is 7.86. The second-order valence-electron chi connectivity index (χ2n) is 6.29. The minimum Gasteiger partial charge on any atom is -0.348 e. The van der Waals surface area contributed by atoms with Gasteiger partial charge in [-0.15, -0.1) is 0 Å². The summed E-state index contributed by atoms with van der Waals surface area (Å²) in [6.45, 7) is 1.19. The zero-order valence-corrected chi connectivity index (χ0v) is 15.1. The summed E-state index contributed by atoms with van der Waals surface area (Å²) in [7, 11) is 0. The van der Waals surface area contributed by atoms with E-state index in [4.69, 9.17) is 0 Å². The van der Waals surface area contributed by atoms with Gasteiger partial charge in [0.1, 0.15) is 11.4 Å². The van der Waals surface area contributed by atoms with Crippen molar-refractivity contribution in [2.45, 2.75) is 19.6 Å². The highest BCUT2D eigenvalue weighted by atomic mass is 19.4. The quantitative estimate of drug-likeness (QED) is 0.675. The van der Waals surface area contributed by atoms with Crippen LogP contribution in [0.2, 0.25) is 0 Å². The number of rotatable bonds is 4. The third-order valence-electron chi connectivity index (χ3n) is 4.19. The molecule has 2 aromatic heterocycles. The molecule has 3 rings (SSSR count). The number of amides is 1. The van der Waals surface area contributed by atoms with Crippen LogP contribution in [0.5, 0.6) is 0 Å². The molecule has 0 aliphatic rings. The molecular formula is C20H15F4N3O2. The molecule has 2 heterocycles. The normalized spacial score (nSPS) is 11.3. The lowest BCUT2D eigenvalue weighted by molar-refractivity contribution is -0.137. The molecule has 0 saturated carbocycles. The average molecular weight is 405 g/mol. The van der Waals surface area contributed by atoms with Crippen molar-refractivity contribution >= 4 is 5.91 Å². The summed E-state index contributed by atoms with van der Waals surface area (Å²) in [4.78, 5) is 29.2. The zero-order chi connectivity index (χ0) is 21.2. The fraction of sp³-hybridized carbons (Fsp3) is 0.150. The van der Waals surface area contributed by atoms with E-state index in [1.165, 1.54) is 23.2 Å². The van der Waals surface area contributed by atoms with Gasteiger partial charge in [0.2, 0.25) is 0 Å². The molecule has 0 atom stereocenters. The Labute approximate surface area is 162 Å². The summed E-state index contributed by atoms with van der Waals surface area (Å²) in [6.07, 6.45) is -0.240. The molecule has 1 amide bonds. The number of carbonyl (C=O) groups excluding carboxylic acids is 1. The largest absolute Gasteiger partial charge is 0.416 e. The molecule has 0 aliphatic carbocycles. The second-order valence-corrected chi connectivity index (χ2v) is 6.29. The van der Waals surface area contributed by atoms with E-state index in [0.29, 0.717) is 17.3 Å². The number of aromatic nitrogens is 2. The van der Waals surface area contributed by atoms with Gasteiger partial charge in [-0.3, -0.25) is 19.1 Å². The summed E-state index contributed by atoms with van der Waals surface area (Å²) in [5.41, 5.74) is -1.16. The van der Waals surface area contributed by atoms with Gasteiger partial charge in [0, 0.05) is 18.9 Å². The summed E-state index contributed by atoms with van der Waals surface area (Å²) in [6, 6.07) is 6.84. The van der Waals surface area contributed by atoms with E-state index < -0.39 is 29.0 Å². The summed E-state index contributed by atoms with van der Waals surface area (Å²) in [5, 5.41) is 2.38. The number of hydrogen-bond donors (Lipinski definition) is 1. The fourth-order valence-electron chi connectivity index (χ4n) is 2.79. The van der Waals surface area contributed by atoms with Crippen LogP contribution in [-0.2, 0) is 12.7 Å². The Balaban J connectivity index is 1.87. The molecule has 29 heavy (non-hydrogen) atoms. The number of nitrogens with one attached hydrogen (secondary N) is 1. The van der Waals surface area contributed by atoms with Crippen molar-refractivity contribution < 1.29 is 22.4 Å². The van der Waals surface area contributed by atoms with Gasteiger partial charge in [-0.2, -0.15) is 13.2 Å². The highest BCUT2D eigenvalue weighted by molar-refractivity contribution is 5.95. The molecule has 0 bridgehead atoms. The number of carbonyl (C=O) groups is 1. The first kappa shape index (κ1) is 20.2. The van der Waals surface area contributed by atoms with Crippen LogP contribution >= 0.6 is 0 Å². The molecule has 5 nitrogen and oxygen atoms in total. The van der Waals surface area contributed by atoms with Gasteiger partial charge in [-0.25, -0.2) is 4.39 Å². The lowest BCUT2D eigenvalue weighted by atomic mass is 10.1. The molecule has 1 aromatic carbocycles. The van der Waals surface area contributed by atoms with Gasteiger partial charge in [-0.05, 0) is 54.4 Å². The van der Waals surface area contributed by atoms with Gasteiger partial charge in [0.25, 0.3) is 11.5 Å². The Morgan fingerprint density at radius 1 is 1.21 bits per heavy atom. The van der Waals surface area contributed by atoms with Crippen LogP contribution in [0.3, 0.4) is 0 Å². The van der Waals surface area contributed by atoms with E-state index in [2.05, 4.69) is 10.3 Å². The summed E-state index contributed by atoms with van der Waals surface area (Å²) < 4.78 is 53.2. The standard InChI is InChI=1S/C20H15F4N3O2/c1-12-4-6-27(16-3-2-5-25-11-16)19(29)17(12)18(28)26-10-13-7-14(20(22,23)24)9-15(21)8-13/h2-9,11H,10H2,1H3,(H,26,28). The van der Waals surface area contributed by atoms with Crippen molar-refractivity contribution in [3.05, 3.63) is 93.4 Å². The average Bonchev–Trinajstić information content (AvgIpc) is 2.66. The minimum atomic E-state index is -4.71. The molecule has 0 unspecified atom stereocenters. The Bertz CT molecular complexity index is 1110. The highest BCUT2D eigenvalue weighted by Crippen LogP contribution is 2.30. The van der Waals surface area contributed by atoms with E-state index >= 15 is 0 Å². The lowest BCUT2D eigenvalue weighted by Crippen LogP contribution is -2.33.